The Balaban J connectivity index is 1.34. The molecule has 0 aromatic heterocycles. The number of aryl methyl sites for hydroxylation is 1. The van der Waals surface area contributed by atoms with E-state index >= 15 is 0 Å². The first-order valence-electron chi connectivity index (χ1n) is 17.6. The summed E-state index contributed by atoms with van der Waals surface area (Å²) >= 11 is 0. The second-order valence-corrected chi connectivity index (χ2v) is 14.8. The minimum absolute atomic E-state index is 0.0325. The van der Waals surface area contributed by atoms with E-state index in [1.807, 2.05) is 0 Å². The van der Waals surface area contributed by atoms with Crippen LogP contribution in [0.5, 0.6) is 0 Å². The zero-order chi connectivity index (χ0) is 32.3. The molecule has 0 unspecified atom stereocenters. The third-order valence-electron chi connectivity index (χ3n) is 11.1. The van der Waals surface area contributed by atoms with Crippen molar-refractivity contribution in [1.29, 1.82) is 0 Å². The van der Waals surface area contributed by atoms with Gasteiger partial charge < -0.3 is 4.90 Å². The minimum Gasteiger partial charge on any atom is -0.310 e. The second-order valence-electron chi connectivity index (χ2n) is 14.8. The predicted molar refractivity (Wildman–Crippen MR) is 202 cm³/mol. The summed E-state index contributed by atoms with van der Waals surface area (Å²) in [4.78, 5) is 2.50. The molecule has 0 aliphatic heterocycles. The Labute approximate surface area is 280 Å². The molecule has 0 atom stereocenters. The van der Waals surface area contributed by atoms with Gasteiger partial charge in [-0.1, -0.05) is 133 Å². The zero-order valence-electron chi connectivity index (χ0n) is 28.5. The normalized spacial score (nSPS) is 14.8. The highest BCUT2D eigenvalue weighted by Gasteiger charge is 2.42. The summed E-state index contributed by atoms with van der Waals surface area (Å²) in [5, 5.41) is 2.62. The average molecular weight is 612 g/mol. The summed E-state index contributed by atoms with van der Waals surface area (Å²) in [5.41, 5.74) is 16.2. The van der Waals surface area contributed by atoms with Gasteiger partial charge in [-0.3, -0.25) is 0 Å². The summed E-state index contributed by atoms with van der Waals surface area (Å²) in [5.74, 6) is 0. The van der Waals surface area contributed by atoms with Crippen molar-refractivity contribution in [2.45, 2.75) is 77.6 Å². The molecule has 8 rings (SSSR count). The summed E-state index contributed by atoms with van der Waals surface area (Å²) in [6, 6.07) is 45.9. The first kappa shape index (κ1) is 29.8. The van der Waals surface area contributed by atoms with Crippen molar-refractivity contribution in [3.63, 3.8) is 0 Å². The molecule has 0 amide bonds. The van der Waals surface area contributed by atoms with Crippen LogP contribution in [0.2, 0.25) is 0 Å². The number of anilines is 3. The Morgan fingerprint density at radius 2 is 1.15 bits per heavy atom. The molecule has 0 N–H and O–H groups in total. The Hall–Kier alpha value is -4.62. The molecule has 1 heteroatoms. The molecule has 2 aliphatic carbocycles. The smallest absolute Gasteiger partial charge is 0.0543 e. The summed E-state index contributed by atoms with van der Waals surface area (Å²) in [7, 11) is 0. The highest BCUT2D eigenvalue weighted by atomic mass is 15.1. The lowest BCUT2D eigenvalue weighted by atomic mass is 9.79. The molecule has 0 saturated carbocycles. The number of rotatable bonds is 8. The predicted octanol–water partition coefficient (Wildman–Crippen LogP) is 13.0. The van der Waals surface area contributed by atoms with Crippen LogP contribution < -0.4 is 4.90 Å². The lowest BCUT2D eigenvalue weighted by Crippen LogP contribution is -2.18. The standard InChI is InChI=1S/C46H45N/c1-6-7-8-10-18-31-19-17-22-33(27-31)47(32-20-11-9-12-21-32)43-30-42-44(36-25-14-13-24-35(36)43)38-29-40-37(28-41(38)46(42,4)5)34-23-15-16-26-39(34)45(40,2)3/h9,11-17,19-30H,6-8,10,18H2,1-5H3. The van der Waals surface area contributed by atoms with Crippen molar-refractivity contribution >= 4 is 27.8 Å². The van der Waals surface area contributed by atoms with E-state index in [4.69, 9.17) is 0 Å². The van der Waals surface area contributed by atoms with Crippen molar-refractivity contribution in [2.24, 2.45) is 0 Å². The summed E-state index contributed by atoms with van der Waals surface area (Å²) < 4.78 is 0. The maximum Gasteiger partial charge on any atom is 0.0543 e. The van der Waals surface area contributed by atoms with Crippen LogP contribution in [0.4, 0.5) is 17.1 Å². The Kier molecular flexibility index (Phi) is 7.14. The van der Waals surface area contributed by atoms with Gasteiger partial charge in [-0.05, 0) is 111 Å². The van der Waals surface area contributed by atoms with E-state index in [1.165, 1.54) is 104 Å². The molecule has 0 radical (unpaired) electrons. The first-order valence-corrected chi connectivity index (χ1v) is 17.6. The molecule has 234 valence electrons. The number of fused-ring (bicyclic) bond motifs is 8. The van der Waals surface area contributed by atoms with Crippen molar-refractivity contribution < 1.29 is 0 Å². The van der Waals surface area contributed by atoms with E-state index < -0.39 is 0 Å². The lowest BCUT2D eigenvalue weighted by Gasteiger charge is -2.30. The third kappa shape index (κ3) is 4.66. The van der Waals surface area contributed by atoms with Gasteiger partial charge in [0.25, 0.3) is 0 Å². The molecular weight excluding hydrogens is 567 g/mol. The Bertz CT molecular complexity index is 2130. The van der Waals surface area contributed by atoms with E-state index in [9.17, 15) is 0 Å². The number of nitrogens with zero attached hydrogens (tertiary/aromatic N) is 1. The molecule has 6 aromatic carbocycles. The van der Waals surface area contributed by atoms with Gasteiger partial charge in [0.05, 0.1) is 5.69 Å². The third-order valence-corrected chi connectivity index (χ3v) is 11.1. The first-order chi connectivity index (χ1) is 22.8. The highest BCUT2D eigenvalue weighted by molar-refractivity contribution is 6.10. The van der Waals surface area contributed by atoms with Crippen LogP contribution in [0, 0.1) is 0 Å². The number of benzene rings is 6. The van der Waals surface area contributed by atoms with E-state index in [0.29, 0.717) is 0 Å². The SMILES string of the molecule is CCCCCCc1cccc(N(c2ccccc2)c2cc3c(c4ccccc24)-c2cc4c(cc2C3(C)C)-c2ccccc2C4(C)C)c1. The van der Waals surface area contributed by atoms with Crippen LogP contribution in [0.15, 0.2) is 121 Å². The minimum atomic E-state index is -0.149. The van der Waals surface area contributed by atoms with Crippen LogP contribution in [0.1, 0.15) is 88.1 Å². The van der Waals surface area contributed by atoms with Crippen LogP contribution in [-0.2, 0) is 17.3 Å². The molecule has 6 aromatic rings. The second kappa shape index (κ2) is 11.3. The molecule has 1 nitrogen and oxygen atoms in total. The lowest BCUT2D eigenvalue weighted by molar-refractivity contribution is 0.652. The highest BCUT2D eigenvalue weighted by Crippen LogP contribution is 2.58. The molecule has 0 spiro atoms. The van der Waals surface area contributed by atoms with Gasteiger partial charge in [0.1, 0.15) is 0 Å². The van der Waals surface area contributed by atoms with Crippen molar-refractivity contribution in [3.05, 3.63) is 149 Å². The maximum atomic E-state index is 2.54. The van der Waals surface area contributed by atoms with Gasteiger partial charge >= 0.3 is 0 Å². The number of para-hydroxylation sites is 1. The Morgan fingerprint density at radius 1 is 0.489 bits per heavy atom. The number of hydrogen-bond acceptors (Lipinski definition) is 1. The van der Waals surface area contributed by atoms with Gasteiger partial charge in [0, 0.05) is 27.6 Å². The van der Waals surface area contributed by atoms with Crippen molar-refractivity contribution in [1.82, 2.24) is 0 Å². The fourth-order valence-electron chi connectivity index (χ4n) is 8.55. The maximum absolute atomic E-state index is 2.54. The molecule has 47 heavy (non-hydrogen) atoms. The molecule has 0 heterocycles. The van der Waals surface area contributed by atoms with Gasteiger partial charge in [0.2, 0.25) is 0 Å². The van der Waals surface area contributed by atoms with E-state index in [0.717, 1.165) is 6.42 Å². The van der Waals surface area contributed by atoms with Crippen LogP contribution >= 0.6 is 0 Å². The molecule has 2 aliphatic rings. The van der Waals surface area contributed by atoms with Gasteiger partial charge in [-0.25, -0.2) is 0 Å². The summed E-state index contributed by atoms with van der Waals surface area (Å²) in [6.45, 7) is 11.9. The van der Waals surface area contributed by atoms with Gasteiger partial charge in [0.15, 0.2) is 0 Å². The van der Waals surface area contributed by atoms with Crippen LogP contribution in [0.3, 0.4) is 0 Å². The Morgan fingerprint density at radius 3 is 1.96 bits per heavy atom. The monoisotopic (exact) mass is 611 g/mol. The summed E-state index contributed by atoms with van der Waals surface area (Å²) in [6.07, 6.45) is 6.22. The number of unbranched alkanes of at least 4 members (excludes halogenated alkanes) is 3. The number of hydrogen-bond donors (Lipinski definition) is 0. The van der Waals surface area contributed by atoms with Gasteiger partial charge in [-0.15, -0.1) is 0 Å². The molecule has 0 saturated heterocycles. The molecule has 0 bridgehead atoms. The van der Waals surface area contributed by atoms with Crippen molar-refractivity contribution in [3.8, 4) is 22.3 Å². The van der Waals surface area contributed by atoms with E-state index in [-0.39, 0.29) is 10.8 Å². The molecule has 0 fully saturated rings. The fraction of sp³-hybridized carbons (Fsp3) is 0.261. The van der Waals surface area contributed by atoms with Crippen LogP contribution in [0.25, 0.3) is 33.0 Å². The topological polar surface area (TPSA) is 3.24 Å². The molecular formula is C46H45N. The van der Waals surface area contributed by atoms with E-state index in [1.54, 1.807) is 0 Å². The largest absolute Gasteiger partial charge is 0.310 e. The van der Waals surface area contributed by atoms with E-state index in [2.05, 4.69) is 161 Å². The fourth-order valence-corrected chi connectivity index (χ4v) is 8.55. The zero-order valence-corrected chi connectivity index (χ0v) is 28.5. The van der Waals surface area contributed by atoms with Crippen molar-refractivity contribution in [2.75, 3.05) is 4.90 Å². The quantitative estimate of drug-likeness (QED) is 0.155. The average Bonchev–Trinajstić information content (AvgIpc) is 3.46. The van der Waals surface area contributed by atoms with Crippen LogP contribution in [-0.4, -0.2) is 0 Å². The van der Waals surface area contributed by atoms with Gasteiger partial charge in [-0.2, -0.15) is 0 Å².